The van der Waals surface area contributed by atoms with Gasteiger partial charge in [-0.25, -0.2) is 0 Å². The zero-order chi connectivity index (χ0) is 12.9. The van der Waals surface area contributed by atoms with Gasteiger partial charge in [-0.1, -0.05) is 13.8 Å². The van der Waals surface area contributed by atoms with Gasteiger partial charge >= 0.3 is 6.18 Å². The van der Waals surface area contributed by atoms with Gasteiger partial charge in [-0.05, 0) is 12.0 Å². The zero-order valence-corrected chi connectivity index (χ0v) is 10.00. The highest BCUT2D eigenvalue weighted by Crippen LogP contribution is 2.20. The smallest absolute Gasteiger partial charge is 0.375 e. The number of hydrogen-bond acceptors (Lipinski definition) is 2. The molecule has 1 aromatic rings. The first-order valence-corrected chi connectivity index (χ1v) is 5.53. The Morgan fingerprint density at radius 1 is 1.41 bits per heavy atom. The SMILES string of the molecule is CC(C)COCc1ccnn1CCC(F)(F)F. The second-order valence-corrected chi connectivity index (χ2v) is 4.32. The maximum Gasteiger partial charge on any atom is 0.390 e. The molecule has 1 heterocycles. The van der Waals surface area contributed by atoms with Crippen LogP contribution in [0.2, 0.25) is 0 Å². The fraction of sp³-hybridized carbons (Fsp3) is 0.727. The number of ether oxygens (including phenoxy) is 1. The second kappa shape index (κ2) is 6.05. The molecule has 17 heavy (non-hydrogen) atoms. The molecule has 0 atom stereocenters. The van der Waals surface area contributed by atoms with Gasteiger partial charge in [0.2, 0.25) is 0 Å². The van der Waals surface area contributed by atoms with Gasteiger partial charge in [-0.2, -0.15) is 18.3 Å². The number of alkyl halides is 3. The average molecular weight is 250 g/mol. The third-order valence-electron chi connectivity index (χ3n) is 2.11. The Balaban J connectivity index is 2.43. The van der Waals surface area contributed by atoms with E-state index in [2.05, 4.69) is 5.10 Å². The fourth-order valence-electron chi connectivity index (χ4n) is 1.32. The number of nitrogens with zero attached hydrogens (tertiary/aromatic N) is 2. The van der Waals surface area contributed by atoms with E-state index in [4.69, 9.17) is 4.74 Å². The minimum atomic E-state index is -4.15. The molecule has 6 heteroatoms. The quantitative estimate of drug-likeness (QED) is 0.776. The first kappa shape index (κ1) is 14.0. The lowest BCUT2D eigenvalue weighted by molar-refractivity contribution is -0.137. The topological polar surface area (TPSA) is 27.1 Å². The lowest BCUT2D eigenvalue weighted by Gasteiger charge is -2.11. The van der Waals surface area contributed by atoms with E-state index >= 15 is 0 Å². The Morgan fingerprint density at radius 2 is 2.12 bits per heavy atom. The zero-order valence-electron chi connectivity index (χ0n) is 10.00. The predicted octanol–water partition coefficient (Wildman–Crippen LogP) is 3.01. The van der Waals surface area contributed by atoms with Crippen LogP contribution in [-0.2, 0) is 17.9 Å². The van der Waals surface area contributed by atoms with E-state index in [1.807, 2.05) is 13.8 Å². The highest BCUT2D eigenvalue weighted by Gasteiger charge is 2.27. The minimum absolute atomic E-state index is 0.156. The van der Waals surface area contributed by atoms with Crippen molar-refractivity contribution in [2.24, 2.45) is 5.92 Å². The first-order chi connectivity index (χ1) is 7.88. The summed E-state index contributed by atoms with van der Waals surface area (Å²) < 4.78 is 42.9. The lowest BCUT2D eigenvalue weighted by Crippen LogP contribution is -2.15. The Morgan fingerprint density at radius 3 is 2.71 bits per heavy atom. The summed E-state index contributed by atoms with van der Waals surface area (Å²) in [5, 5.41) is 3.85. The van der Waals surface area contributed by atoms with E-state index < -0.39 is 12.6 Å². The lowest BCUT2D eigenvalue weighted by atomic mass is 10.2. The summed E-state index contributed by atoms with van der Waals surface area (Å²) in [7, 11) is 0. The molecule has 0 fully saturated rings. The maximum absolute atomic E-state index is 12.1. The molecule has 0 aromatic carbocycles. The summed E-state index contributed by atoms with van der Waals surface area (Å²) in [5.41, 5.74) is 0.676. The van der Waals surface area contributed by atoms with Gasteiger partial charge in [0.1, 0.15) is 0 Å². The summed E-state index contributed by atoms with van der Waals surface area (Å²) >= 11 is 0. The molecule has 1 aromatic heterocycles. The van der Waals surface area contributed by atoms with Crippen molar-refractivity contribution in [2.75, 3.05) is 6.61 Å². The van der Waals surface area contributed by atoms with Crippen molar-refractivity contribution >= 4 is 0 Å². The molecule has 0 saturated carbocycles. The van der Waals surface area contributed by atoms with Crippen LogP contribution in [0.25, 0.3) is 0 Å². The third kappa shape index (κ3) is 5.72. The van der Waals surface area contributed by atoms with Crippen molar-refractivity contribution in [2.45, 2.75) is 39.6 Å². The summed E-state index contributed by atoms with van der Waals surface area (Å²) in [6, 6.07) is 1.68. The molecular weight excluding hydrogens is 233 g/mol. The van der Waals surface area contributed by atoms with Crippen molar-refractivity contribution in [1.82, 2.24) is 9.78 Å². The number of aromatic nitrogens is 2. The molecule has 1 rings (SSSR count). The summed E-state index contributed by atoms with van der Waals surface area (Å²) in [5.74, 6) is 0.404. The molecule has 0 spiro atoms. The van der Waals surface area contributed by atoms with Gasteiger partial charge in [0.15, 0.2) is 0 Å². The van der Waals surface area contributed by atoms with Crippen LogP contribution in [0.1, 0.15) is 26.0 Å². The predicted molar refractivity (Wildman–Crippen MR) is 57.4 cm³/mol. The first-order valence-electron chi connectivity index (χ1n) is 5.53. The van der Waals surface area contributed by atoms with Gasteiger partial charge in [0.05, 0.1) is 18.7 Å². The van der Waals surface area contributed by atoms with Crippen molar-refractivity contribution < 1.29 is 17.9 Å². The second-order valence-electron chi connectivity index (χ2n) is 4.32. The summed E-state index contributed by atoms with van der Waals surface area (Å²) in [6.45, 7) is 4.76. The van der Waals surface area contributed by atoms with Crippen molar-refractivity contribution in [1.29, 1.82) is 0 Å². The van der Waals surface area contributed by atoms with Gasteiger partial charge in [0.25, 0.3) is 0 Å². The van der Waals surface area contributed by atoms with Gasteiger partial charge in [0, 0.05) is 19.3 Å². The van der Waals surface area contributed by atoms with Crippen molar-refractivity contribution in [3.05, 3.63) is 18.0 Å². The largest absolute Gasteiger partial charge is 0.390 e. The maximum atomic E-state index is 12.1. The summed E-state index contributed by atoms with van der Waals surface area (Å²) in [6.07, 6.45) is -3.53. The van der Waals surface area contributed by atoms with E-state index in [0.717, 1.165) is 0 Å². The fourth-order valence-corrected chi connectivity index (χ4v) is 1.32. The molecule has 0 aliphatic heterocycles. The molecule has 0 amide bonds. The van der Waals surface area contributed by atoms with Gasteiger partial charge < -0.3 is 4.74 Å². The number of halogens is 3. The van der Waals surface area contributed by atoms with Crippen LogP contribution >= 0.6 is 0 Å². The molecule has 0 unspecified atom stereocenters. The van der Waals surface area contributed by atoms with Gasteiger partial charge in [-0.15, -0.1) is 0 Å². The average Bonchev–Trinajstić information content (AvgIpc) is 2.61. The molecule has 0 bridgehead atoms. The van der Waals surface area contributed by atoms with E-state index in [1.165, 1.54) is 10.9 Å². The normalized spacial score (nSPS) is 12.4. The van der Waals surface area contributed by atoms with Crippen molar-refractivity contribution in [3.63, 3.8) is 0 Å². The van der Waals surface area contributed by atoms with Crippen LogP contribution in [0.5, 0.6) is 0 Å². The highest BCUT2D eigenvalue weighted by molar-refractivity contribution is 4.98. The Kier molecular flexibility index (Phi) is 4.99. The van der Waals surface area contributed by atoms with Crippen molar-refractivity contribution in [3.8, 4) is 0 Å². The van der Waals surface area contributed by atoms with E-state index in [1.54, 1.807) is 6.07 Å². The van der Waals surface area contributed by atoms with E-state index in [0.29, 0.717) is 24.8 Å². The molecular formula is C11H17F3N2O. The van der Waals surface area contributed by atoms with E-state index in [-0.39, 0.29) is 6.54 Å². The molecule has 0 aliphatic rings. The summed E-state index contributed by atoms with van der Waals surface area (Å²) in [4.78, 5) is 0. The molecule has 0 aliphatic carbocycles. The highest BCUT2D eigenvalue weighted by atomic mass is 19.4. The Hall–Kier alpha value is -1.04. The van der Waals surface area contributed by atoms with Crippen LogP contribution < -0.4 is 0 Å². The Labute approximate surface area is 98.6 Å². The number of aryl methyl sites for hydroxylation is 1. The van der Waals surface area contributed by atoms with Gasteiger partial charge in [-0.3, -0.25) is 4.68 Å². The molecule has 0 saturated heterocycles. The van der Waals surface area contributed by atoms with Crippen LogP contribution in [0.15, 0.2) is 12.3 Å². The molecule has 98 valence electrons. The minimum Gasteiger partial charge on any atom is -0.375 e. The third-order valence-corrected chi connectivity index (χ3v) is 2.11. The van der Waals surface area contributed by atoms with Crippen LogP contribution in [0.3, 0.4) is 0 Å². The molecule has 0 N–H and O–H groups in total. The van der Waals surface area contributed by atoms with Crippen LogP contribution in [0.4, 0.5) is 13.2 Å². The molecule has 3 nitrogen and oxygen atoms in total. The number of hydrogen-bond donors (Lipinski definition) is 0. The van der Waals surface area contributed by atoms with E-state index in [9.17, 15) is 13.2 Å². The monoisotopic (exact) mass is 250 g/mol. The Bertz CT molecular complexity index is 334. The van der Waals surface area contributed by atoms with Crippen LogP contribution in [-0.4, -0.2) is 22.6 Å². The van der Waals surface area contributed by atoms with Crippen LogP contribution in [0, 0.1) is 5.92 Å². The standard InChI is InChI=1S/C11H17F3N2O/c1-9(2)7-17-8-10-3-5-15-16(10)6-4-11(12,13)14/h3,5,9H,4,6-8H2,1-2H3. The number of rotatable bonds is 6. The molecule has 0 radical (unpaired) electrons.